The third-order valence-electron chi connectivity index (χ3n) is 2.39. The summed E-state index contributed by atoms with van der Waals surface area (Å²) in [6.45, 7) is 0.762. The van der Waals surface area contributed by atoms with Crippen LogP contribution in [0.5, 0.6) is 0 Å². The minimum Gasteiger partial charge on any atom is -0.371 e. The molecule has 1 N–H and O–H groups in total. The Morgan fingerprint density at radius 1 is 1.50 bits per heavy atom. The molecule has 74 valence electrons. The molecular weight excluding hydrogens is 178 g/mol. The zero-order chi connectivity index (χ0) is 9.80. The van der Waals surface area contributed by atoms with Crippen LogP contribution < -0.4 is 5.32 Å². The summed E-state index contributed by atoms with van der Waals surface area (Å²) < 4.78 is 5.17. The lowest BCUT2D eigenvalue weighted by molar-refractivity contribution is -0.110. The van der Waals surface area contributed by atoms with Crippen molar-refractivity contribution in [3.8, 4) is 0 Å². The summed E-state index contributed by atoms with van der Waals surface area (Å²) in [4.78, 5) is 10.4. The van der Waals surface area contributed by atoms with Crippen molar-refractivity contribution < 1.29 is 9.53 Å². The number of carbonyl (C=O) groups excluding carboxylic acids is 1. The van der Waals surface area contributed by atoms with Gasteiger partial charge >= 0.3 is 0 Å². The van der Waals surface area contributed by atoms with Crippen LogP contribution in [-0.2, 0) is 16.0 Å². The molecule has 2 atom stereocenters. The van der Waals surface area contributed by atoms with Gasteiger partial charge in [0.2, 0.25) is 6.41 Å². The Balaban J connectivity index is 1.96. The molecule has 0 aliphatic carbocycles. The number of rotatable bonds is 5. The summed E-state index contributed by atoms with van der Waals surface area (Å²) in [6, 6.07) is 10.2. The van der Waals surface area contributed by atoms with Crippen LogP contribution in [0.25, 0.3) is 0 Å². The van der Waals surface area contributed by atoms with Crippen LogP contribution in [0, 0.1) is 0 Å². The standard InChI is InChI=1S/C11H13NO2/c13-8-12-10(11-7-14-11)6-9-4-2-1-3-5-9/h1-5,8,10-11H,6-7H2,(H,12,13)/t10-,11+/m1/s1. The fourth-order valence-electron chi connectivity index (χ4n) is 1.54. The number of hydrogen-bond acceptors (Lipinski definition) is 2. The zero-order valence-electron chi connectivity index (χ0n) is 7.85. The Morgan fingerprint density at radius 2 is 2.21 bits per heavy atom. The minimum absolute atomic E-state index is 0.120. The molecule has 0 spiro atoms. The van der Waals surface area contributed by atoms with Crippen LogP contribution >= 0.6 is 0 Å². The smallest absolute Gasteiger partial charge is 0.207 e. The second kappa shape index (κ2) is 4.24. The molecule has 3 heteroatoms. The Kier molecular flexibility index (Phi) is 2.79. The van der Waals surface area contributed by atoms with Gasteiger partial charge in [0.15, 0.2) is 0 Å². The number of benzene rings is 1. The van der Waals surface area contributed by atoms with E-state index >= 15 is 0 Å². The van der Waals surface area contributed by atoms with E-state index in [2.05, 4.69) is 17.4 Å². The largest absolute Gasteiger partial charge is 0.371 e. The molecule has 0 saturated carbocycles. The second-order valence-corrected chi connectivity index (χ2v) is 3.45. The summed E-state index contributed by atoms with van der Waals surface area (Å²) in [5.74, 6) is 0. The molecule has 3 nitrogen and oxygen atoms in total. The van der Waals surface area contributed by atoms with Gasteiger partial charge in [0.25, 0.3) is 0 Å². The first-order valence-electron chi connectivity index (χ1n) is 4.75. The number of epoxide rings is 1. The van der Waals surface area contributed by atoms with Gasteiger partial charge in [0.05, 0.1) is 12.6 Å². The molecule has 0 radical (unpaired) electrons. The van der Waals surface area contributed by atoms with Crippen LogP contribution in [-0.4, -0.2) is 25.2 Å². The molecule has 1 fully saturated rings. The van der Waals surface area contributed by atoms with Gasteiger partial charge in [0, 0.05) is 0 Å². The SMILES string of the molecule is O=CN[C@H](Cc1ccccc1)[C@@H]1CO1. The van der Waals surface area contributed by atoms with Crippen LogP contribution in [0.4, 0.5) is 0 Å². The molecule has 1 aromatic rings. The van der Waals surface area contributed by atoms with Gasteiger partial charge in [-0.1, -0.05) is 30.3 Å². The van der Waals surface area contributed by atoms with E-state index in [0.717, 1.165) is 19.4 Å². The first-order chi connectivity index (χ1) is 6.90. The van der Waals surface area contributed by atoms with E-state index in [0.29, 0.717) is 0 Å². The van der Waals surface area contributed by atoms with Gasteiger partial charge in [-0.25, -0.2) is 0 Å². The normalized spacial score (nSPS) is 21.3. The highest BCUT2D eigenvalue weighted by atomic mass is 16.6. The van der Waals surface area contributed by atoms with E-state index in [1.807, 2.05) is 18.2 Å². The van der Waals surface area contributed by atoms with E-state index in [4.69, 9.17) is 4.74 Å². The summed E-state index contributed by atoms with van der Waals surface area (Å²) in [7, 11) is 0. The molecule has 1 aliphatic heterocycles. The number of carbonyl (C=O) groups is 1. The van der Waals surface area contributed by atoms with Crippen molar-refractivity contribution in [3.05, 3.63) is 35.9 Å². The lowest BCUT2D eigenvalue weighted by Gasteiger charge is -2.12. The Morgan fingerprint density at radius 3 is 2.79 bits per heavy atom. The molecule has 0 unspecified atom stereocenters. The molecule has 14 heavy (non-hydrogen) atoms. The maximum absolute atomic E-state index is 10.4. The van der Waals surface area contributed by atoms with E-state index in [9.17, 15) is 4.79 Å². The maximum atomic E-state index is 10.4. The summed E-state index contributed by atoms with van der Waals surface area (Å²) in [6.07, 6.45) is 1.79. The fraction of sp³-hybridized carbons (Fsp3) is 0.364. The third kappa shape index (κ3) is 2.33. The van der Waals surface area contributed by atoms with Crippen LogP contribution in [0.3, 0.4) is 0 Å². The second-order valence-electron chi connectivity index (χ2n) is 3.45. The van der Waals surface area contributed by atoms with Crippen molar-refractivity contribution in [2.45, 2.75) is 18.6 Å². The quantitative estimate of drug-likeness (QED) is 0.551. The van der Waals surface area contributed by atoms with Crippen LogP contribution in [0.15, 0.2) is 30.3 Å². The van der Waals surface area contributed by atoms with Crippen LogP contribution in [0.1, 0.15) is 5.56 Å². The van der Waals surface area contributed by atoms with Gasteiger partial charge in [0.1, 0.15) is 6.10 Å². The topological polar surface area (TPSA) is 41.6 Å². The molecule has 1 aromatic carbocycles. The molecule has 0 aromatic heterocycles. The highest BCUT2D eigenvalue weighted by Crippen LogP contribution is 2.17. The molecule has 1 saturated heterocycles. The van der Waals surface area contributed by atoms with Crippen molar-refractivity contribution in [1.82, 2.24) is 5.32 Å². The minimum atomic E-state index is 0.120. The highest BCUT2D eigenvalue weighted by molar-refractivity contribution is 5.47. The average molecular weight is 191 g/mol. The first-order valence-corrected chi connectivity index (χ1v) is 4.75. The Hall–Kier alpha value is -1.35. The monoisotopic (exact) mass is 191 g/mol. The van der Waals surface area contributed by atoms with Gasteiger partial charge in [-0.3, -0.25) is 4.79 Å². The lowest BCUT2D eigenvalue weighted by Crippen LogP contribution is -2.35. The van der Waals surface area contributed by atoms with Crippen molar-refractivity contribution in [1.29, 1.82) is 0 Å². The fourth-order valence-corrected chi connectivity index (χ4v) is 1.54. The van der Waals surface area contributed by atoms with E-state index in [1.54, 1.807) is 0 Å². The average Bonchev–Trinajstić information content (AvgIpc) is 3.02. The molecule has 1 heterocycles. The zero-order valence-corrected chi connectivity index (χ0v) is 7.85. The highest BCUT2D eigenvalue weighted by Gasteiger charge is 2.32. The van der Waals surface area contributed by atoms with Crippen molar-refractivity contribution in [2.24, 2.45) is 0 Å². The van der Waals surface area contributed by atoms with E-state index < -0.39 is 0 Å². The first kappa shape index (κ1) is 9.21. The molecule has 2 rings (SSSR count). The number of hydrogen-bond donors (Lipinski definition) is 1. The van der Waals surface area contributed by atoms with Crippen LogP contribution in [0.2, 0.25) is 0 Å². The Bertz CT molecular complexity index is 295. The van der Waals surface area contributed by atoms with Crippen molar-refractivity contribution in [3.63, 3.8) is 0 Å². The van der Waals surface area contributed by atoms with Gasteiger partial charge in [-0.05, 0) is 12.0 Å². The molecule has 0 bridgehead atoms. The summed E-state index contributed by atoms with van der Waals surface area (Å²) in [5, 5.41) is 2.79. The van der Waals surface area contributed by atoms with Gasteiger partial charge in [-0.2, -0.15) is 0 Å². The lowest BCUT2D eigenvalue weighted by atomic mass is 10.0. The van der Waals surface area contributed by atoms with Gasteiger partial charge in [-0.15, -0.1) is 0 Å². The Labute approximate surface area is 83.1 Å². The summed E-state index contributed by atoms with van der Waals surface area (Å²) >= 11 is 0. The van der Waals surface area contributed by atoms with Gasteiger partial charge < -0.3 is 10.1 Å². The van der Waals surface area contributed by atoms with E-state index in [1.165, 1.54) is 5.56 Å². The molecular formula is C11H13NO2. The third-order valence-corrected chi connectivity index (χ3v) is 2.39. The number of nitrogens with one attached hydrogen (secondary N) is 1. The van der Waals surface area contributed by atoms with E-state index in [-0.39, 0.29) is 12.1 Å². The number of ether oxygens (including phenoxy) is 1. The van der Waals surface area contributed by atoms with Crippen molar-refractivity contribution in [2.75, 3.05) is 6.61 Å². The predicted octanol–water partition coefficient (Wildman–Crippen LogP) is 0.742. The predicted molar refractivity (Wildman–Crippen MR) is 52.9 cm³/mol. The number of amides is 1. The molecule has 1 aliphatic rings. The molecule has 1 amide bonds. The van der Waals surface area contributed by atoms with Crippen molar-refractivity contribution >= 4 is 6.41 Å². The maximum Gasteiger partial charge on any atom is 0.207 e. The summed E-state index contributed by atoms with van der Waals surface area (Å²) in [5.41, 5.74) is 1.22.